The lowest BCUT2D eigenvalue weighted by atomic mass is 9.71. The lowest BCUT2D eigenvalue weighted by Gasteiger charge is -2.18. The fourth-order valence-corrected chi connectivity index (χ4v) is 3.63. The quantitative estimate of drug-likeness (QED) is 0.165. The number of nitrogens with two attached hydrogens (primary N) is 1. The molecular formula is C14H25BNO4PS2. The van der Waals surface area contributed by atoms with Crippen LogP contribution >= 0.6 is 29.6 Å². The van der Waals surface area contributed by atoms with E-state index in [1.165, 1.54) is 0 Å². The molecule has 0 aromatic heterocycles. The zero-order chi connectivity index (χ0) is 17.1. The van der Waals surface area contributed by atoms with E-state index < -0.39 is 8.03 Å². The number of ether oxygens (including phenoxy) is 2. The Bertz CT molecular complexity index is 469. The maximum atomic E-state index is 11.9. The molecule has 9 heteroatoms. The van der Waals surface area contributed by atoms with Crippen molar-refractivity contribution in [3.8, 4) is 11.7 Å². The van der Waals surface area contributed by atoms with Crippen molar-refractivity contribution in [3.63, 3.8) is 0 Å². The molecule has 0 amide bonds. The maximum absolute atomic E-state index is 11.9. The topological polar surface area (TPSA) is 70.8 Å². The summed E-state index contributed by atoms with van der Waals surface area (Å²) in [6.45, 7) is 4.29. The standard InChI is InChI=1S/C14H25BNO4PS2/c1-4-11(2)21(17)19-9-13-12(18-10-23-22-3)8-14(20-13)15-6-5-7-16/h4,12-15,21H,7-10,16H2,1-3H3/t12-,13?,14-/m1/s1. The van der Waals surface area contributed by atoms with Crippen LogP contribution in [-0.2, 0) is 18.6 Å². The van der Waals surface area contributed by atoms with Gasteiger partial charge in [-0.3, -0.25) is 4.57 Å². The Balaban J connectivity index is 2.54. The molecule has 0 radical (unpaired) electrons. The first-order valence-electron chi connectivity index (χ1n) is 7.50. The van der Waals surface area contributed by atoms with Gasteiger partial charge in [-0.1, -0.05) is 27.7 Å². The summed E-state index contributed by atoms with van der Waals surface area (Å²) in [5, 5.41) is 0.772. The zero-order valence-electron chi connectivity index (χ0n) is 13.9. The van der Waals surface area contributed by atoms with Gasteiger partial charge in [0.15, 0.2) is 0 Å². The van der Waals surface area contributed by atoms with Crippen LogP contribution in [0.25, 0.3) is 0 Å². The molecular weight excluding hydrogens is 352 g/mol. The van der Waals surface area contributed by atoms with Crippen LogP contribution in [0.15, 0.2) is 11.4 Å². The van der Waals surface area contributed by atoms with Gasteiger partial charge in [0.1, 0.15) is 12.0 Å². The van der Waals surface area contributed by atoms with Crippen LogP contribution in [0.4, 0.5) is 0 Å². The van der Waals surface area contributed by atoms with Crippen molar-refractivity contribution in [2.75, 3.05) is 25.3 Å². The second-order valence-corrected chi connectivity index (χ2v) is 9.14. The van der Waals surface area contributed by atoms with Gasteiger partial charge in [0.2, 0.25) is 15.3 Å². The third kappa shape index (κ3) is 8.17. The van der Waals surface area contributed by atoms with Gasteiger partial charge in [0.25, 0.3) is 0 Å². The van der Waals surface area contributed by atoms with Gasteiger partial charge >= 0.3 is 0 Å². The molecule has 0 spiro atoms. The predicted molar refractivity (Wildman–Crippen MR) is 102 cm³/mol. The molecule has 1 fully saturated rings. The summed E-state index contributed by atoms with van der Waals surface area (Å²) < 4.78 is 29.3. The van der Waals surface area contributed by atoms with E-state index in [-0.39, 0.29) is 24.8 Å². The number of rotatable bonds is 9. The van der Waals surface area contributed by atoms with Crippen LogP contribution in [0.3, 0.4) is 0 Å². The third-order valence-electron chi connectivity index (χ3n) is 3.42. The highest BCUT2D eigenvalue weighted by Gasteiger charge is 2.36. The molecule has 5 nitrogen and oxygen atoms in total. The molecule has 0 aromatic carbocycles. The number of allylic oxidation sites excluding steroid dienone is 2. The van der Waals surface area contributed by atoms with Crippen LogP contribution in [0.2, 0.25) is 0 Å². The van der Waals surface area contributed by atoms with Crippen LogP contribution in [0.1, 0.15) is 20.3 Å². The van der Waals surface area contributed by atoms with E-state index in [1.807, 2.05) is 26.2 Å². The Morgan fingerprint density at radius 1 is 1.61 bits per heavy atom. The second-order valence-electron chi connectivity index (χ2n) is 4.97. The smallest absolute Gasteiger partial charge is 0.246 e. The van der Waals surface area contributed by atoms with Gasteiger partial charge in [-0.2, -0.15) is 5.82 Å². The van der Waals surface area contributed by atoms with E-state index in [0.717, 1.165) is 11.7 Å². The number of hydrogen-bond acceptors (Lipinski definition) is 7. The molecule has 0 saturated carbocycles. The van der Waals surface area contributed by atoms with Gasteiger partial charge < -0.3 is 19.7 Å². The van der Waals surface area contributed by atoms with Crippen molar-refractivity contribution in [1.29, 1.82) is 0 Å². The molecule has 23 heavy (non-hydrogen) atoms. The Hall–Kier alpha value is 0.135. The van der Waals surface area contributed by atoms with Crippen molar-refractivity contribution in [1.82, 2.24) is 0 Å². The van der Waals surface area contributed by atoms with Gasteiger partial charge in [-0.25, -0.2) is 0 Å². The van der Waals surface area contributed by atoms with E-state index in [9.17, 15) is 4.57 Å². The summed E-state index contributed by atoms with van der Waals surface area (Å²) in [5.74, 6) is 6.45. The highest BCUT2D eigenvalue weighted by atomic mass is 33.1. The SMILES string of the molecule is CC=C(C)[PH](=O)OCC1O[C@@H](BC#CCN)C[C@H]1OCSSC. The lowest BCUT2D eigenvalue weighted by molar-refractivity contribution is -0.0174. The largest absolute Gasteiger partial charge is 0.377 e. The summed E-state index contributed by atoms with van der Waals surface area (Å²) in [6, 6.07) is 0.0112. The predicted octanol–water partition coefficient (Wildman–Crippen LogP) is 2.23. The van der Waals surface area contributed by atoms with E-state index in [4.69, 9.17) is 19.7 Å². The molecule has 1 rings (SSSR count). The Morgan fingerprint density at radius 2 is 2.39 bits per heavy atom. The number of hydrogen-bond donors (Lipinski definition) is 1. The average molecular weight is 377 g/mol. The first kappa shape index (κ1) is 21.2. The lowest BCUT2D eigenvalue weighted by Crippen LogP contribution is -2.28. The molecule has 0 aliphatic carbocycles. The third-order valence-corrected chi connectivity index (χ3v) is 6.24. The highest BCUT2D eigenvalue weighted by molar-refractivity contribution is 8.76. The van der Waals surface area contributed by atoms with E-state index in [2.05, 4.69) is 11.7 Å². The van der Waals surface area contributed by atoms with E-state index in [0.29, 0.717) is 19.8 Å². The Labute approximate surface area is 148 Å². The van der Waals surface area contributed by atoms with Crippen molar-refractivity contribution < 1.29 is 18.6 Å². The second kappa shape index (κ2) is 12.5. The summed E-state index contributed by atoms with van der Waals surface area (Å²) in [6.07, 6.45) is 4.33. The fraction of sp³-hybridized carbons (Fsp3) is 0.714. The first-order chi connectivity index (χ1) is 11.1. The minimum Gasteiger partial charge on any atom is -0.377 e. The van der Waals surface area contributed by atoms with Crippen molar-refractivity contribution in [2.24, 2.45) is 5.73 Å². The molecule has 1 heterocycles. The van der Waals surface area contributed by atoms with Crippen LogP contribution in [-0.4, -0.2) is 50.8 Å². The van der Waals surface area contributed by atoms with Gasteiger partial charge in [-0.05, 0) is 26.5 Å². The van der Waals surface area contributed by atoms with Crippen molar-refractivity contribution in [2.45, 2.75) is 38.5 Å². The normalized spacial score (nSPS) is 25.7. The Kier molecular flexibility index (Phi) is 11.5. The molecule has 2 unspecified atom stereocenters. The van der Waals surface area contributed by atoms with Crippen molar-refractivity contribution in [3.05, 3.63) is 11.4 Å². The zero-order valence-corrected chi connectivity index (χ0v) is 16.5. The summed E-state index contributed by atoms with van der Waals surface area (Å²) in [7, 11) is 1.76. The minimum absolute atomic E-state index is 0.0112. The maximum Gasteiger partial charge on any atom is 0.246 e. The molecule has 4 atom stereocenters. The average Bonchev–Trinajstić information content (AvgIpc) is 2.94. The molecule has 2 N–H and O–H groups in total. The van der Waals surface area contributed by atoms with Crippen LogP contribution in [0.5, 0.6) is 0 Å². The first-order valence-corrected chi connectivity index (χ1v) is 11.5. The molecule has 1 saturated heterocycles. The Morgan fingerprint density at radius 3 is 3.04 bits per heavy atom. The van der Waals surface area contributed by atoms with E-state index in [1.54, 1.807) is 21.6 Å². The monoisotopic (exact) mass is 377 g/mol. The summed E-state index contributed by atoms with van der Waals surface area (Å²) in [4.78, 5) is 0. The van der Waals surface area contributed by atoms with Gasteiger partial charge in [-0.15, -0.1) is 5.92 Å². The molecule has 0 bridgehead atoms. The van der Waals surface area contributed by atoms with Gasteiger partial charge in [0, 0.05) is 11.3 Å². The summed E-state index contributed by atoms with van der Waals surface area (Å²) >= 11 is 0. The molecule has 1 aliphatic rings. The summed E-state index contributed by atoms with van der Waals surface area (Å²) in [5.41, 5.74) is 5.37. The van der Waals surface area contributed by atoms with Crippen LogP contribution in [0, 0.1) is 11.7 Å². The van der Waals surface area contributed by atoms with Gasteiger partial charge in [0.05, 0.1) is 19.3 Å². The molecule has 0 aromatic rings. The molecule has 1 aliphatic heterocycles. The van der Waals surface area contributed by atoms with Crippen LogP contribution < -0.4 is 5.73 Å². The van der Waals surface area contributed by atoms with E-state index >= 15 is 0 Å². The molecule has 130 valence electrons. The fourth-order valence-electron chi connectivity index (χ4n) is 2.07. The minimum atomic E-state index is -2.17. The van der Waals surface area contributed by atoms with Crippen molar-refractivity contribution >= 4 is 36.9 Å². The highest BCUT2D eigenvalue weighted by Crippen LogP contribution is 2.35.